The second-order valence-electron chi connectivity index (χ2n) is 3.27. The van der Waals surface area contributed by atoms with Crippen molar-refractivity contribution in [1.82, 2.24) is 9.97 Å². The first-order chi connectivity index (χ1) is 7.75. The third kappa shape index (κ3) is 2.36. The van der Waals surface area contributed by atoms with Gasteiger partial charge in [0.05, 0.1) is 23.8 Å². The van der Waals surface area contributed by atoms with Crippen molar-refractivity contribution in [3.63, 3.8) is 0 Å². The molecule has 4 nitrogen and oxygen atoms in total. The Morgan fingerprint density at radius 2 is 2.00 bits per heavy atom. The van der Waals surface area contributed by atoms with E-state index in [4.69, 9.17) is 5.11 Å². The highest BCUT2D eigenvalue weighted by Gasteiger charge is 1.99. The first-order valence-corrected chi connectivity index (χ1v) is 4.75. The van der Waals surface area contributed by atoms with Crippen molar-refractivity contribution >= 4 is 18.1 Å². The van der Waals surface area contributed by atoms with Gasteiger partial charge in [0.2, 0.25) is 0 Å². The number of nitrogens with zero attached hydrogens (tertiary/aromatic N) is 1. The lowest BCUT2D eigenvalue weighted by Crippen LogP contribution is -1.94. The molecule has 2 rings (SSSR count). The normalized spacial score (nSPS) is 10.8. The number of carboxylic acids is 1. The number of imidazole rings is 1. The largest absolute Gasteiger partial charge is 0.478 e. The molecule has 0 aliphatic rings. The van der Waals surface area contributed by atoms with Crippen LogP contribution in [0.15, 0.2) is 36.8 Å². The van der Waals surface area contributed by atoms with Crippen LogP contribution in [0.3, 0.4) is 0 Å². The molecule has 0 unspecified atom stereocenters. The van der Waals surface area contributed by atoms with Crippen molar-refractivity contribution in [3.05, 3.63) is 53.6 Å². The first kappa shape index (κ1) is 10.2. The highest BCUT2D eigenvalue weighted by molar-refractivity contribution is 5.88. The van der Waals surface area contributed by atoms with E-state index in [2.05, 4.69) is 9.97 Å². The molecule has 16 heavy (non-hydrogen) atoms. The quantitative estimate of drug-likeness (QED) is 0.823. The standard InChI is InChI=1S/C12H10N2O2/c15-12(16)10-4-1-9(2-5-10)3-6-11-7-13-8-14-11/h1-8H,(H,13,14)(H,15,16)/b6-3+. The number of hydrogen-bond donors (Lipinski definition) is 2. The Morgan fingerprint density at radius 3 is 2.56 bits per heavy atom. The summed E-state index contributed by atoms with van der Waals surface area (Å²) in [6.45, 7) is 0. The second kappa shape index (κ2) is 4.44. The predicted molar refractivity (Wildman–Crippen MR) is 60.9 cm³/mol. The molecule has 0 amide bonds. The molecule has 0 bridgehead atoms. The van der Waals surface area contributed by atoms with Crippen LogP contribution in [0, 0.1) is 0 Å². The molecule has 0 fully saturated rings. The zero-order valence-corrected chi connectivity index (χ0v) is 8.42. The Bertz CT molecular complexity index is 498. The lowest BCUT2D eigenvalue weighted by atomic mass is 10.1. The van der Waals surface area contributed by atoms with Crippen LogP contribution in [-0.2, 0) is 0 Å². The van der Waals surface area contributed by atoms with Gasteiger partial charge in [0, 0.05) is 0 Å². The molecule has 0 radical (unpaired) electrons. The molecule has 2 aromatic rings. The van der Waals surface area contributed by atoms with Gasteiger partial charge in [-0.15, -0.1) is 0 Å². The Morgan fingerprint density at radius 1 is 1.25 bits per heavy atom. The van der Waals surface area contributed by atoms with Gasteiger partial charge in [-0.2, -0.15) is 0 Å². The number of aromatic nitrogens is 2. The summed E-state index contributed by atoms with van der Waals surface area (Å²) in [6.07, 6.45) is 7.08. The van der Waals surface area contributed by atoms with Crippen molar-refractivity contribution < 1.29 is 9.90 Å². The topological polar surface area (TPSA) is 66.0 Å². The van der Waals surface area contributed by atoms with Crippen LogP contribution in [0.4, 0.5) is 0 Å². The first-order valence-electron chi connectivity index (χ1n) is 4.75. The van der Waals surface area contributed by atoms with Gasteiger partial charge in [-0.25, -0.2) is 9.78 Å². The third-order valence-electron chi connectivity index (χ3n) is 2.13. The molecule has 80 valence electrons. The van der Waals surface area contributed by atoms with Gasteiger partial charge in [-0.3, -0.25) is 0 Å². The second-order valence-corrected chi connectivity index (χ2v) is 3.27. The number of aromatic amines is 1. The maximum atomic E-state index is 10.6. The van der Waals surface area contributed by atoms with Crippen molar-refractivity contribution in [1.29, 1.82) is 0 Å². The van der Waals surface area contributed by atoms with Crippen LogP contribution in [-0.4, -0.2) is 21.0 Å². The van der Waals surface area contributed by atoms with Crippen molar-refractivity contribution in [2.24, 2.45) is 0 Å². The van der Waals surface area contributed by atoms with E-state index in [0.717, 1.165) is 11.3 Å². The summed E-state index contributed by atoms with van der Waals surface area (Å²) >= 11 is 0. The molecule has 1 heterocycles. The van der Waals surface area contributed by atoms with Crippen LogP contribution < -0.4 is 0 Å². The molecule has 2 N–H and O–H groups in total. The summed E-state index contributed by atoms with van der Waals surface area (Å²) in [6, 6.07) is 6.68. The molecular weight excluding hydrogens is 204 g/mol. The average Bonchev–Trinajstić information content (AvgIpc) is 2.80. The molecule has 0 saturated heterocycles. The molecule has 1 aromatic carbocycles. The number of aromatic carboxylic acids is 1. The minimum Gasteiger partial charge on any atom is -0.478 e. The summed E-state index contributed by atoms with van der Waals surface area (Å²) in [7, 11) is 0. The average molecular weight is 214 g/mol. The zero-order valence-electron chi connectivity index (χ0n) is 8.42. The monoisotopic (exact) mass is 214 g/mol. The van der Waals surface area contributed by atoms with E-state index < -0.39 is 5.97 Å². The molecule has 0 aliphatic heterocycles. The van der Waals surface area contributed by atoms with E-state index >= 15 is 0 Å². The number of carbonyl (C=O) groups is 1. The van der Waals surface area contributed by atoms with Crippen molar-refractivity contribution in [3.8, 4) is 0 Å². The van der Waals surface area contributed by atoms with E-state index in [9.17, 15) is 4.79 Å². The lowest BCUT2D eigenvalue weighted by Gasteiger charge is -1.95. The maximum Gasteiger partial charge on any atom is 0.335 e. The van der Waals surface area contributed by atoms with Gasteiger partial charge in [0.25, 0.3) is 0 Å². The minimum absolute atomic E-state index is 0.290. The molecule has 0 spiro atoms. The fourth-order valence-electron chi connectivity index (χ4n) is 1.28. The SMILES string of the molecule is O=C(O)c1ccc(/C=C/c2cnc[nH]2)cc1. The lowest BCUT2D eigenvalue weighted by molar-refractivity contribution is 0.0697. The fourth-order valence-corrected chi connectivity index (χ4v) is 1.28. The van der Waals surface area contributed by atoms with E-state index in [-0.39, 0.29) is 0 Å². The Balaban J connectivity index is 2.14. The van der Waals surface area contributed by atoms with Gasteiger partial charge in [0.1, 0.15) is 0 Å². The zero-order chi connectivity index (χ0) is 11.4. The Labute approximate surface area is 92.3 Å². The summed E-state index contributed by atoms with van der Waals surface area (Å²) in [5.74, 6) is -0.913. The molecular formula is C12H10N2O2. The Kier molecular flexibility index (Phi) is 2.82. The summed E-state index contributed by atoms with van der Waals surface area (Å²) in [5, 5.41) is 8.72. The Hall–Kier alpha value is -2.36. The molecule has 1 aromatic heterocycles. The summed E-state index contributed by atoms with van der Waals surface area (Å²) < 4.78 is 0. The van der Waals surface area contributed by atoms with Gasteiger partial charge in [-0.05, 0) is 23.8 Å². The number of nitrogens with one attached hydrogen (secondary N) is 1. The van der Waals surface area contributed by atoms with Gasteiger partial charge < -0.3 is 10.1 Å². The molecule has 0 aliphatic carbocycles. The number of hydrogen-bond acceptors (Lipinski definition) is 2. The van der Waals surface area contributed by atoms with Crippen LogP contribution in [0.25, 0.3) is 12.2 Å². The summed E-state index contributed by atoms with van der Waals surface area (Å²) in [5.41, 5.74) is 2.14. The van der Waals surface area contributed by atoms with E-state index in [1.54, 1.807) is 36.8 Å². The van der Waals surface area contributed by atoms with Crippen molar-refractivity contribution in [2.45, 2.75) is 0 Å². The molecule has 0 saturated carbocycles. The van der Waals surface area contributed by atoms with E-state index in [1.165, 1.54) is 0 Å². The van der Waals surface area contributed by atoms with Gasteiger partial charge in [0.15, 0.2) is 0 Å². The smallest absolute Gasteiger partial charge is 0.335 e. The van der Waals surface area contributed by atoms with Gasteiger partial charge in [-0.1, -0.05) is 18.2 Å². The van der Waals surface area contributed by atoms with Crippen LogP contribution in [0.5, 0.6) is 0 Å². The minimum atomic E-state index is -0.913. The number of carboxylic acid groups (broad SMARTS) is 1. The van der Waals surface area contributed by atoms with E-state index in [1.807, 2.05) is 12.2 Å². The fraction of sp³-hybridized carbons (Fsp3) is 0. The molecule has 4 heteroatoms. The predicted octanol–water partition coefficient (Wildman–Crippen LogP) is 2.28. The van der Waals surface area contributed by atoms with Crippen molar-refractivity contribution in [2.75, 3.05) is 0 Å². The van der Waals surface area contributed by atoms with Crippen LogP contribution in [0.1, 0.15) is 21.6 Å². The highest BCUT2D eigenvalue weighted by Crippen LogP contribution is 2.08. The summed E-state index contributed by atoms with van der Waals surface area (Å²) in [4.78, 5) is 17.5. The van der Waals surface area contributed by atoms with Gasteiger partial charge >= 0.3 is 5.97 Å². The highest BCUT2D eigenvalue weighted by atomic mass is 16.4. The molecule has 0 atom stereocenters. The third-order valence-corrected chi connectivity index (χ3v) is 2.13. The van der Waals surface area contributed by atoms with Crippen LogP contribution >= 0.6 is 0 Å². The van der Waals surface area contributed by atoms with Crippen LogP contribution in [0.2, 0.25) is 0 Å². The van der Waals surface area contributed by atoms with E-state index in [0.29, 0.717) is 5.56 Å². The number of benzene rings is 1. The number of rotatable bonds is 3. The maximum absolute atomic E-state index is 10.6. The number of H-pyrrole nitrogens is 1.